The molecule has 2 unspecified atom stereocenters. The van der Waals surface area contributed by atoms with Gasteiger partial charge in [-0.2, -0.15) is 0 Å². The van der Waals surface area contributed by atoms with Crippen molar-refractivity contribution < 1.29 is 18.3 Å². The molecule has 4 nitrogen and oxygen atoms in total. The van der Waals surface area contributed by atoms with Crippen LogP contribution in [0.4, 0.5) is 8.78 Å². The Balaban J connectivity index is 5.49. The molecule has 0 aliphatic heterocycles. The molecular weight excluding hydrogens is 410 g/mol. The third-order valence-electron chi connectivity index (χ3n) is 5.17. The van der Waals surface area contributed by atoms with Gasteiger partial charge in [0.15, 0.2) is 5.54 Å². The Labute approximate surface area is 193 Å². The highest BCUT2D eigenvalue weighted by Gasteiger charge is 2.45. The van der Waals surface area contributed by atoms with Gasteiger partial charge < -0.3 is 16.2 Å². The van der Waals surface area contributed by atoms with Gasteiger partial charge in [-0.3, -0.25) is 0 Å². The van der Waals surface area contributed by atoms with Crippen LogP contribution in [0.15, 0.2) is 46.6 Å². The standard InChI is InChI=1S/C26H44F2N2O2/c1-19(2)10-7-12-21(5)14-15-23(18-22(6)13-8-11-20(3)4)32-25(31)26(30,24(27)28)16-9-17-29/h10-11,14,18,23-24H,7-9,12-13,15-17,29-30H2,1-6H3/b21-14+,22-18+. The second-order valence-electron chi connectivity index (χ2n) is 9.12. The summed E-state index contributed by atoms with van der Waals surface area (Å²) in [6, 6.07) is 0. The van der Waals surface area contributed by atoms with Gasteiger partial charge in [-0.05, 0) is 92.7 Å². The van der Waals surface area contributed by atoms with Crippen LogP contribution in [0.3, 0.4) is 0 Å². The van der Waals surface area contributed by atoms with Crippen molar-refractivity contribution in [3.05, 3.63) is 46.6 Å². The number of hydrogen-bond donors (Lipinski definition) is 2. The van der Waals surface area contributed by atoms with Gasteiger partial charge in [-0.1, -0.05) is 40.5 Å². The molecule has 0 saturated carbocycles. The lowest BCUT2D eigenvalue weighted by molar-refractivity contribution is -0.160. The van der Waals surface area contributed by atoms with Crippen molar-refractivity contribution in [2.75, 3.05) is 6.54 Å². The number of nitrogens with two attached hydrogens (primary N) is 2. The number of carbonyl (C=O) groups is 1. The van der Waals surface area contributed by atoms with Crippen LogP contribution in [0.25, 0.3) is 0 Å². The van der Waals surface area contributed by atoms with Gasteiger partial charge in [-0.15, -0.1) is 0 Å². The van der Waals surface area contributed by atoms with Gasteiger partial charge in [0.25, 0.3) is 6.43 Å². The Bertz CT molecular complexity index is 688. The first-order valence-corrected chi connectivity index (χ1v) is 11.5. The number of esters is 1. The number of rotatable bonds is 15. The number of ether oxygens (including phenoxy) is 1. The fourth-order valence-corrected chi connectivity index (χ4v) is 3.09. The van der Waals surface area contributed by atoms with E-state index in [9.17, 15) is 13.6 Å². The summed E-state index contributed by atoms with van der Waals surface area (Å²) in [5.74, 6) is -1.07. The summed E-state index contributed by atoms with van der Waals surface area (Å²) in [6.07, 6.45) is 8.44. The molecule has 0 rings (SSSR count). The number of hydrogen-bond acceptors (Lipinski definition) is 4. The Morgan fingerprint density at radius 3 is 1.94 bits per heavy atom. The Morgan fingerprint density at radius 2 is 1.47 bits per heavy atom. The maximum atomic E-state index is 13.6. The first-order chi connectivity index (χ1) is 14.9. The van der Waals surface area contributed by atoms with E-state index in [1.165, 1.54) is 11.1 Å². The van der Waals surface area contributed by atoms with Gasteiger partial charge in [0.1, 0.15) is 6.10 Å². The fraction of sp³-hybridized carbons (Fsp3) is 0.654. The van der Waals surface area contributed by atoms with Crippen LogP contribution in [0.5, 0.6) is 0 Å². The number of carbonyl (C=O) groups excluding carboxylic acids is 1. The summed E-state index contributed by atoms with van der Waals surface area (Å²) in [5.41, 5.74) is 13.6. The molecule has 0 aromatic carbocycles. The monoisotopic (exact) mass is 454 g/mol. The average molecular weight is 455 g/mol. The van der Waals surface area contributed by atoms with Gasteiger partial charge >= 0.3 is 5.97 Å². The number of halogens is 2. The van der Waals surface area contributed by atoms with Crippen LogP contribution >= 0.6 is 0 Å². The topological polar surface area (TPSA) is 78.3 Å². The van der Waals surface area contributed by atoms with Gasteiger partial charge in [0.2, 0.25) is 0 Å². The minimum atomic E-state index is -3.02. The van der Waals surface area contributed by atoms with Crippen LogP contribution in [0, 0.1) is 0 Å². The largest absolute Gasteiger partial charge is 0.456 e. The SMILES string of the molecule is CC(C)=CCC/C(C)=C/CC(/C=C(\C)CCC=C(C)C)OC(=O)C(N)(CCCN)C(F)F. The van der Waals surface area contributed by atoms with Crippen molar-refractivity contribution >= 4 is 5.97 Å². The summed E-state index contributed by atoms with van der Waals surface area (Å²) in [7, 11) is 0. The van der Waals surface area contributed by atoms with Crippen molar-refractivity contribution in [2.24, 2.45) is 11.5 Å². The maximum absolute atomic E-state index is 13.6. The lowest BCUT2D eigenvalue weighted by Gasteiger charge is -2.28. The van der Waals surface area contributed by atoms with Crippen molar-refractivity contribution in [1.82, 2.24) is 0 Å². The highest BCUT2D eigenvalue weighted by molar-refractivity contribution is 5.81. The van der Waals surface area contributed by atoms with E-state index in [-0.39, 0.29) is 19.4 Å². The molecule has 0 heterocycles. The molecule has 0 aliphatic carbocycles. The van der Waals surface area contributed by atoms with E-state index < -0.39 is 24.0 Å². The Kier molecular flexibility index (Phi) is 15.0. The first-order valence-electron chi connectivity index (χ1n) is 11.5. The Hall–Kier alpha value is -1.79. The molecule has 6 heteroatoms. The molecule has 32 heavy (non-hydrogen) atoms. The molecule has 4 N–H and O–H groups in total. The maximum Gasteiger partial charge on any atom is 0.332 e. The van der Waals surface area contributed by atoms with Gasteiger partial charge in [0, 0.05) is 6.42 Å². The zero-order chi connectivity index (χ0) is 24.7. The van der Waals surface area contributed by atoms with E-state index in [2.05, 4.69) is 26.0 Å². The predicted molar refractivity (Wildman–Crippen MR) is 131 cm³/mol. The van der Waals surface area contributed by atoms with Crippen molar-refractivity contribution in [1.29, 1.82) is 0 Å². The quantitative estimate of drug-likeness (QED) is 0.222. The van der Waals surface area contributed by atoms with E-state index in [1.807, 2.05) is 39.8 Å². The first kappa shape index (κ1) is 30.2. The van der Waals surface area contributed by atoms with Gasteiger partial charge in [0.05, 0.1) is 0 Å². The highest BCUT2D eigenvalue weighted by Crippen LogP contribution is 2.23. The van der Waals surface area contributed by atoms with E-state index in [0.717, 1.165) is 36.8 Å². The van der Waals surface area contributed by atoms with Crippen LogP contribution in [-0.4, -0.2) is 30.6 Å². The lowest BCUT2D eigenvalue weighted by atomic mass is 9.95. The van der Waals surface area contributed by atoms with E-state index in [4.69, 9.17) is 16.2 Å². The molecule has 0 saturated heterocycles. The van der Waals surface area contributed by atoms with Crippen molar-refractivity contribution in [3.63, 3.8) is 0 Å². The second-order valence-corrected chi connectivity index (χ2v) is 9.12. The smallest absolute Gasteiger partial charge is 0.332 e. The molecule has 0 aliphatic rings. The molecule has 0 amide bonds. The van der Waals surface area contributed by atoms with Crippen LogP contribution in [-0.2, 0) is 9.53 Å². The van der Waals surface area contributed by atoms with Crippen molar-refractivity contribution in [2.45, 2.75) is 105 Å². The molecular formula is C26H44F2N2O2. The molecule has 0 bridgehead atoms. The lowest BCUT2D eigenvalue weighted by Crippen LogP contribution is -2.56. The molecule has 0 fully saturated rings. The summed E-state index contributed by atoms with van der Waals surface area (Å²) < 4.78 is 32.8. The second kappa shape index (κ2) is 15.9. The summed E-state index contributed by atoms with van der Waals surface area (Å²) in [5, 5.41) is 0. The van der Waals surface area contributed by atoms with Gasteiger partial charge in [-0.25, -0.2) is 13.6 Å². The van der Waals surface area contributed by atoms with Crippen LogP contribution in [0.1, 0.15) is 86.5 Å². The van der Waals surface area contributed by atoms with E-state index in [1.54, 1.807) is 0 Å². The zero-order valence-electron chi connectivity index (χ0n) is 20.8. The molecule has 0 aromatic rings. The van der Waals surface area contributed by atoms with Crippen LogP contribution < -0.4 is 11.5 Å². The predicted octanol–water partition coefficient (Wildman–Crippen LogP) is 6.38. The summed E-state index contributed by atoms with van der Waals surface area (Å²) in [6.45, 7) is 12.4. The van der Waals surface area contributed by atoms with Crippen LogP contribution in [0.2, 0.25) is 0 Å². The fourth-order valence-electron chi connectivity index (χ4n) is 3.09. The molecule has 2 atom stereocenters. The molecule has 0 radical (unpaired) electrons. The zero-order valence-corrected chi connectivity index (χ0v) is 20.8. The minimum Gasteiger partial charge on any atom is -0.456 e. The average Bonchev–Trinajstić information content (AvgIpc) is 2.69. The minimum absolute atomic E-state index is 0.180. The third kappa shape index (κ3) is 12.9. The van der Waals surface area contributed by atoms with E-state index in [0.29, 0.717) is 6.42 Å². The highest BCUT2D eigenvalue weighted by atomic mass is 19.3. The number of allylic oxidation sites excluding steroid dienone is 6. The summed E-state index contributed by atoms with van der Waals surface area (Å²) in [4.78, 5) is 12.7. The molecule has 0 aromatic heterocycles. The van der Waals surface area contributed by atoms with E-state index >= 15 is 0 Å². The summed E-state index contributed by atoms with van der Waals surface area (Å²) >= 11 is 0. The van der Waals surface area contributed by atoms with Crippen molar-refractivity contribution in [3.8, 4) is 0 Å². The molecule has 0 spiro atoms. The third-order valence-corrected chi connectivity index (χ3v) is 5.17. The Morgan fingerprint density at radius 1 is 0.938 bits per heavy atom. The number of alkyl halides is 2. The normalized spacial score (nSPS) is 15.2. The molecule has 184 valence electrons.